The minimum Gasteiger partial charge on any atom is -0.351 e. The number of hydrogen-bond donors (Lipinski definition) is 1. The highest BCUT2D eigenvalue weighted by Crippen LogP contribution is 2.20. The summed E-state index contributed by atoms with van der Waals surface area (Å²) in [4.78, 5) is 11.8. The molecule has 0 saturated carbocycles. The van der Waals surface area contributed by atoms with E-state index in [4.69, 9.17) is 5.26 Å². The van der Waals surface area contributed by atoms with Crippen molar-refractivity contribution in [3.63, 3.8) is 0 Å². The van der Waals surface area contributed by atoms with Gasteiger partial charge in [-0.15, -0.1) is 0 Å². The first-order valence-electron chi connectivity index (χ1n) is 4.99. The number of nitriles is 1. The molecule has 0 bridgehead atoms. The highest BCUT2D eigenvalue weighted by Gasteiger charge is 2.11. The SMILES string of the molecule is Cc1cccc(C(=O)NCC(C)C#N)c1Br. The molecule has 0 aliphatic carbocycles. The van der Waals surface area contributed by atoms with E-state index in [1.807, 2.05) is 19.1 Å². The Morgan fingerprint density at radius 1 is 1.62 bits per heavy atom. The van der Waals surface area contributed by atoms with Crippen LogP contribution in [0.1, 0.15) is 22.8 Å². The second-order valence-electron chi connectivity index (χ2n) is 3.68. The van der Waals surface area contributed by atoms with E-state index in [1.165, 1.54) is 0 Å². The van der Waals surface area contributed by atoms with Crippen molar-refractivity contribution in [2.45, 2.75) is 13.8 Å². The molecule has 0 aromatic heterocycles. The Morgan fingerprint density at radius 2 is 2.31 bits per heavy atom. The van der Waals surface area contributed by atoms with Crippen molar-refractivity contribution in [1.82, 2.24) is 5.32 Å². The highest BCUT2D eigenvalue weighted by molar-refractivity contribution is 9.10. The van der Waals surface area contributed by atoms with Crippen LogP contribution in [0.2, 0.25) is 0 Å². The lowest BCUT2D eigenvalue weighted by atomic mass is 10.1. The number of rotatable bonds is 3. The number of amides is 1. The molecule has 0 fully saturated rings. The van der Waals surface area contributed by atoms with Gasteiger partial charge in [0.15, 0.2) is 0 Å². The van der Waals surface area contributed by atoms with Gasteiger partial charge in [0.1, 0.15) is 0 Å². The van der Waals surface area contributed by atoms with Crippen molar-refractivity contribution in [2.24, 2.45) is 5.92 Å². The van der Waals surface area contributed by atoms with E-state index in [2.05, 4.69) is 27.3 Å². The molecule has 0 spiro atoms. The van der Waals surface area contributed by atoms with Gasteiger partial charge in [0.25, 0.3) is 5.91 Å². The van der Waals surface area contributed by atoms with Crippen LogP contribution in [0.4, 0.5) is 0 Å². The molecule has 1 rings (SSSR count). The number of nitrogens with zero attached hydrogens (tertiary/aromatic N) is 1. The molecule has 1 amide bonds. The lowest BCUT2D eigenvalue weighted by molar-refractivity contribution is 0.0950. The molecule has 0 heterocycles. The summed E-state index contributed by atoms with van der Waals surface area (Å²) < 4.78 is 0.803. The molecule has 0 radical (unpaired) electrons. The fraction of sp³-hybridized carbons (Fsp3) is 0.333. The van der Waals surface area contributed by atoms with Crippen molar-refractivity contribution in [2.75, 3.05) is 6.54 Å². The number of carbonyl (C=O) groups is 1. The molecular weight excluding hydrogens is 268 g/mol. The zero-order chi connectivity index (χ0) is 12.1. The monoisotopic (exact) mass is 280 g/mol. The van der Waals surface area contributed by atoms with E-state index in [9.17, 15) is 4.79 Å². The van der Waals surface area contributed by atoms with E-state index in [1.54, 1.807) is 13.0 Å². The number of hydrogen-bond acceptors (Lipinski definition) is 2. The van der Waals surface area contributed by atoms with E-state index in [0.29, 0.717) is 12.1 Å². The van der Waals surface area contributed by atoms with Gasteiger partial charge in [0.2, 0.25) is 0 Å². The molecule has 0 saturated heterocycles. The molecule has 1 unspecified atom stereocenters. The summed E-state index contributed by atoms with van der Waals surface area (Å²) in [6.45, 7) is 4.07. The predicted octanol–water partition coefficient (Wildman–Crippen LogP) is 2.65. The molecule has 0 aliphatic heterocycles. The van der Waals surface area contributed by atoms with Gasteiger partial charge in [-0.1, -0.05) is 12.1 Å². The Morgan fingerprint density at radius 3 is 2.94 bits per heavy atom. The normalized spacial score (nSPS) is 11.6. The van der Waals surface area contributed by atoms with Gasteiger partial charge >= 0.3 is 0 Å². The molecule has 4 heteroatoms. The Kier molecular flexibility index (Phi) is 4.51. The van der Waals surface area contributed by atoms with Crippen LogP contribution >= 0.6 is 15.9 Å². The summed E-state index contributed by atoms with van der Waals surface area (Å²) in [5, 5.41) is 11.3. The van der Waals surface area contributed by atoms with Crippen LogP contribution in [0.3, 0.4) is 0 Å². The van der Waals surface area contributed by atoms with Crippen LogP contribution < -0.4 is 5.32 Å². The van der Waals surface area contributed by atoms with Gasteiger partial charge in [0, 0.05) is 11.0 Å². The van der Waals surface area contributed by atoms with E-state index < -0.39 is 0 Å². The van der Waals surface area contributed by atoms with Gasteiger partial charge in [-0.2, -0.15) is 5.26 Å². The maximum atomic E-state index is 11.8. The van der Waals surface area contributed by atoms with Gasteiger partial charge in [0.05, 0.1) is 17.6 Å². The summed E-state index contributed by atoms with van der Waals surface area (Å²) in [5.41, 5.74) is 1.62. The van der Waals surface area contributed by atoms with E-state index >= 15 is 0 Å². The molecule has 1 aromatic rings. The summed E-state index contributed by atoms with van der Waals surface area (Å²) >= 11 is 3.38. The molecule has 1 atom stereocenters. The first kappa shape index (κ1) is 12.7. The molecule has 0 aliphatic rings. The largest absolute Gasteiger partial charge is 0.351 e. The molecule has 16 heavy (non-hydrogen) atoms. The van der Waals surface area contributed by atoms with Gasteiger partial charge < -0.3 is 5.32 Å². The fourth-order valence-electron chi connectivity index (χ4n) is 1.21. The lowest BCUT2D eigenvalue weighted by Gasteiger charge is -2.08. The first-order valence-corrected chi connectivity index (χ1v) is 5.78. The van der Waals surface area contributed by atoms with Crippen molar-refractivity contribution < 1.29 is 4.79 Å². The van der Waals surface area contributed by atoms with E-state index in [0.717, 1.165) is 10.0 Å². The minimum atomic E-state index is -0.174. The second kappa shape index (κ2) is 5.66. The predicted molar refractivity (Wildman–Crippen MR) is 66.0 cm³/mol. The van der Waals surface area contributed by atoms with Crippen LogP contribution in [0.25, 0.3) is 0 Å². The average Bonchev–Trinajstić information content (AvgIpc) is 2.29. The standard InChI is InChI=1S/C12H13BrN2O/c1-8(6-14)7-15-12(16)10-5-3-4-9(2)11(10)13/h3-5,8H,7H2,1-2H3,(H,15,16). The van der Waals surface area contributed by atoms with Crippen LogP contribution in [-0.2, 0) is 0 Å². The summed E-state index contributed by atoms with van der Waals surface area (Å²) in [5.74, 6) is -0.329. The van der Waals surface area contributed by atoms with Crippen molar-refractivity contribution in [3.05, 3.63) is 33.8 Å². The zero-order valence-corrected chi connectivity index (χ0v) is 10.8. The highest BCUT2D eigenvalue weighted by atomic mass is 79.9. The maximum Gasteiger partial charge on any atom is 0.252 e. The quantitative estimate of drug-likeness (QED) is 0.926. The third kappa shape index (κ3) is 3.07. The maximum absolute atomic E-state index is 11.8. The Labute approximate surface area is 104 Å². The third-order valence-electron chi connectivity index (χ3n) is 2.23. The van der Waals surface area contributed by atoms with Crippen LogP contribution in [0, 0.1) is 24.2 Å². The van der Waals surface area contributed by atoms with Gasteiger partial charge in [-0.05, 0) is 41.4 Å². The number of nitrogens with one attached hydrogen (secondary N) is 1. The number of aryl methyl sites for hydroxylation is 1. The smallest absolute Gasteiger partial charge is 0.252 e. The molecule has 1 aromatic carbocycles. The molecule has 1 N–H and O–H groups in total. The molecule has 3 nitrogen and oxygen atoms in total. The Bertz CT molecular complexity index is 437. The fourth-order valence-corrected chi connectivity index (χ4v) is 1.65. The van der Waals surface area contributed by atoms with E-state index in [-0.39, 0.29) is 11.8 Å². The number of halogens is 1. The van der Waals surface area contributed by atoms with Crippen LogP contribution in [-0.4, -0.2) is 12.5 Å². The van der Waals surface area contributed by atoms with Gasteiger partial charge in [-0.3, -0.25) is 4.79 Å². The average molecular weight is 281 g/mol. The Hall–Kier alpha value is -1.34. The topological polar surface area (TPSA) is 52.9 Å². The summed E-state index contributed by atoms with van der Waals surface area (Å²) in [7, 11) is 0. The third-order valence-corrected chi connectivity index (χ3v) is 3.28. The van der Waals surface area contributed by atoms with Crippen molar-refractivity contribution in [1.29, 1.82) is 5.26 Å². The molecule has 84 valence electrons. The van der Waals surface area contributed by atoms with Crippen LogP contribution in [0.15, 0.2) is 22.7 Å². The van der Waals surface area contributed by atoms with Gasteiger partial charge in [-0.25, -0.2) is 0 Å². The molecular formula is C12H13BrN2O. The Balaban J connectivity index is 2.75. The minimum absolute atomic E-state index is 0.155. The number of benzene rings is 1. The number of carbonyl (C=O) groups excluding carboxylic acids is 1. The zero-order valence-electron chi connectivity index (χ0n) is 9.25. The second-order valence-corrected chi connectivity index (χ2v) is 4.47. The van der Waals surface area contributed by atoms with Crippen molar-refractivity contribution in [3.8, 4) is 6.07 Å². The lowest BCUT2D eigenvalue weighted by Crippen LogP contribution is -2.28. The first-order chi connectivity index (χ1) is 7.56. The summed E-state index contributed by atoms with van der Waals surface area (Å²) in [6, 6.07) is 7.59. The van der Waals surface area contributed by atoms with Crippen molar-refractivity contribution >= 4 is 21.8 Å². The summed E-state index contributed by atoms with van der Waals surface area (Å²) in [6.07, 6.45) is 0. The van der Waals surface area contributed by atoms with Crippen LogP contribution in [0.5, 0.6) is 0 Å².